The topological polar surface area (TPSA) is 67.9 Å². The van der Waals surface area contributed by atoms with Crippen molar-refractivity contribution in [1.82, 2.24) is 10.4 Å². The van der Waals surface area contributed by atoms with Gasteiger partial charge in [-0.3, -0.25) is 15.0 Å². The number of amides is 2. The Kier molecular flexibility index (Phi) is 8.27. The van der Waals surface area contributed by atoms with Gasteiger partial charge in [-0.05, 0) is 81.7 Å². The van der Waals surface area contributed by atoms with Crippen molar-refractivity contribution in [2.75, 3.05) is 7.11 Å². The molecule has 1 fully saturated rings. The molecule has 0 radical (unpaired) electrons. The Labute approximate surface area is 228 Å². The van der Waals surface area contributed by atoms with E-state index in [1.807, 2.05) is 36.4 Å². The van der Waals surface area contributed by atoms with Gasteiger partial charge in [0, 0.05) is 10.0 Å². The lowest BCUT2D eigenvalue weighted by Gasteiger charge is -2.15. The Bertz CT molecular complexity index is 1320. The molecule has 4 rings (SSSR count). The Hall–Kier alpha value is -2.66. The molecule has 0 spiro atoms. The van der Waals surface area contributed by atoms with Gasteiger partial charge in [0.15, 0.2) is 15.8 Å². The smallest absolute Gasteiger partial charge is 0.285 e. The maximum Gasteiger partial charge on any atom is 0.285 e. The first-order valence-electron chi connectivity index (χ1n) is 10.2. The summed E-state index contributed by atoms with van der Waals surface area (Å²) in [7, 11) is 1.55. The molecule has 0 atom stereocenters. The fraction of sp³-hybridized carbons (Fsp3) is 0.0800. The van der Waals surface area contributed by atoms with Crippen molar-refractivity contribution in [1.29, 1.82) is 0 Å². The average molecular weight is 634 g/mol. The van der Waals surface area contributed by atoms with E-state index in [2.05, 4.69) is 37.3 Å². The van der Waals surface area contributed by atoms with Crippen LogP contribution in [0.3, 0.4) is 0 Å². The molecule has 1 aliphatic rings. The Morgan fingerprint density at radius 2 is 1.83 bits per heavy atom. The first-order chi connectivity index (χ1) is 16.9. The lowest BCUT2D eigenvalue weighted by atomic mass is 10.1. The van der Waals surface area contributed by atoms with Gasteiger partial charge in [0.2, 0.25) is 0 Å². The van der Waals surface area contributed by atoms with Gasteiger partial charge in [-0.15, -0.1) is 0 Å². The standard InChI is InChI=1S/C25H18Br2N2O4S2/c1-32-20-12-16(11-19(27)22(20)33-14-15-7-9-18(26)10-8-15)13-21-24(31)29(25(34)35-21)28-23(30)17-5-3-2-4-6-17/h2-13H,14H2,1H3,(H,28,30)/b21-13+. The van der Waals surface area contributed by atoms with E-state index in [9.17, 15) is 9.59 Å². The Balaban J connectivity index is 1.51. The second-order valence-electron chi connectivity index (χ2n) is 7.27. The number of ether oxygens (including phenoxy) is 2. The van der Waals surface area contributed by atoms with E-state index in [4.69, 9.17) is 21.7 Å². The monoisotopic (exact) mass is 632 g/mol. The van der Waals surface area contributed by atoms with Crippen LogP contribution in [0.5, 0.6) is 11.5 Å². The van der Waals surface area contributed by atoms with Gasteiger partial charge in [-0.25, -0.2) is 0 Å². The predicted octanol–water partition coefficient (Wildman–Crippen LogP) is 6.35. The van der Waals surface area contributed by atoms with Crippen LogP contribution in [0.4, 0.5) is 0 Å². The number of hydrogen-bond donors (Lipinski definition) is 1. The molecule has 2 amide bonds. The molecule has 0 bridgehead atoms. The van der Waals surface area contributed by atoms with Crippen LogP contribution in [0, 0.1) is 0 Å². The number of hydrazine groups is 1. The summed E-state index contributed by atoms with van der Waals surface area (Å²) in [6.07, 6.45) is 1.69. The van der Waals surface area contributed by atoms with Crippen LogP contribution < -0.4 is 14.9 Å². The minimum atomic E-state index is -0.417. The molecule has 35 heavy (non-hydrogen) atoms. The molecule has 6 nitrogen and oxygen atoms in total. The largest absolute Gasteiger partial charge is 0.493 e. The highest BCUT2D eigenvalue weighted by Crippen LogP contribution is 2.39. The van der Waals surface area contributed by atoms with Gasteiger partial charge in [0.1, 0.15) is 6.61 Å². The number of thiocarbonyl (C=S) groups is 1. The molecule has 178 valence electrons. The zero-order chi connectivity index (χ0) is 24.9. The zero-order valence-corrected chi connectivity index (χ0v) is 23.1. The molecule has 0 unspecified atom stereocenters. The molecule has 0 saturated carbocycles. The highest BCUT2D eigenvalue weighted by atomic mass is 79.9. The fourth-order valence-electron chi connectivity index (χ4n) is 3.17. The highest BCUT2D eigenvalue weighted by molar-refractivity contribution is 9.10. The van der Waals surface area contributed by atoms with Crippen molar-refractivity contribution in [2.24, 2.45) is 0 Å². The summed E-state index contributed by atoms with van der Waals surface area (Å²) in [6.45, 7) is 0.362. The van der Waals surface area contributed by atoms with Crippen molar-refractivity contribution in [3.8, 4) is 11.5 Å². The minimum Gasteiger partial charge on any atom is -0.493 e. The molecule has 1 heterocycles. The molecule has 0 aromatic heterocycles. The molecule has 1 aliphatic heterocycles. The average Bonchev–Trinajstić information content (AvgIpc) is 3.11. The van der Waals surface area contributed by atoms with Crippen LogP contribution in [-0.4, -0.2) is 28.3 Å². The van der Waals surface area contributed by atoms with Crippen molar-refractivity contribution >= 4 is 78.1 Å². The van der Waals surface area contributed by atoms with E-state index in [-0.39, 0.29) is 4.32 Å². The second kappa shape index (κ2) is 11.4. The predicted molar refractivity (Wildman–Crippen MR) is 148 cm³/mol. The lowest BCUT2D eigenvalue weighted by molar-refractivity contribution is -0.123. The summed E-state index contributed by atoms with van der Waals surface area (Å²) >= 11 is 13.4. The molecule has 3 aromatic carbocycles. The van der Waals surface area contributed by atoms with Crippen LogP contribution >= 0.6 is 55.8 Å². The Morgan fingerprint density at radius 1 is 1.11 bits per heavy atom. The van der Waals surface area contributed by atoms with Gasteiger partial charge < -0.3 is 9.47 Å². The van der Waals surface area contributed by atoms with E-state index >= 15 is 0 Å². The van der Waals surface area contributed by atoms with E-state index in [0.717, 1.165) is 26.8 Å². The van der Waals surface area contributed by atoms with Crippen LogP contribution in [0.1, 0.15) is 21.5 Å². The normalized spacial score (nSPS) is 14.4. The number of carbonyl (C=O) groups is 2. The van der Waals surface area contributed by atoms with Crippen molar-refractivity contribution in [3.05, 3.63) is 97.3 Å². The number of halogens is 2. The summed E-state index contributed by atoms with van der Waals surface area (Å²) in [6, 6.07) is 20.1. The van der Waals surface area contributed by atoms with E-state index in [1.54, 1.807) is 43.5 Å². The van der Waals surface area contributed by atoms with E-state index in [0.29, 0.717) is 38.6 Å². The third-order valence-electron chi connectivity index (χ3n) is 4.89. The molecule has 1 saturated heterocycles. The third-order valence-corrected chi connectivity index (χ3v) is 7.31. The number of nitrogens with one attached hydrogen (secondary N) is 1. The number of rotatable bonds is 7. The molecular weight excluding hydrogens is 616 g/mol. The second-order valence-corrected chi connectivity index (χ2v) is 10.7. The van der Waals surface area contributed by atoms with Crippen molar-refractivity contribution < 1.29 is 19.1 Å². The summed E-state index contributed by atoms with van der Waals surface area (Å²) in [5, 5.41) is 1.09. The number of hydrogen-bond acceptors (Lipinski definition) is 6. The SMILES string of the molecule is COc1cc(/C=C2/SC(=S)N(NC(=O)c3ccccc3)C2=O)cc(Br)c1OCc1ccc(Br)cc1. The first kappa shape index (κ1) is 25.4. The van der Waals surface area contributed by atoms with Gasteiger partial charge in [-0.1, -0.05) is 58.0 Å². The van der Waals surface area contributed by atoms with E-state index < -0.39 is 11.8 Å². The first-order valence-corrected chi connectivity index (χ1v) is 13.1. The number of benzene rings is 3. The fourth-order valence-corrected chi connectivity index (χ4v) is 5.19. The molecule has 3 aromatic rings. The van der Waals surface area contributed by atoms with Crippen LogP contribution in [0.25, 0.3) is 6.08 Å². The number of carbonyl (C=O) groups excluding carboxylic acids is 2. The summed E-state index contributed by atoms with van der Waals surface area (Å²) < 4.78 is 13.4. The zero-order valence-electron chi connectivity index (χ0n) is 18.3. The van der Waals surface area contributed by atoms with Crippen molar-refractivity contribution in [2.45, 2.75) is 6.61 Å². The molecule has 10 heteroatoms. The van der Waals surface area contributed by atoms with Crippen LogP contribution in [0.15, 0.2) is 80.6 Å². The van der Waals surface area contributed by atoms with Gasteiger partial charge >= 0.3 is 0 Å². The molecular formula is C25H18Br2N2O4S2. The minimum absolute atomic E-state index is 0.242. The summed E-state index contributed by atoms with van der Waals surface area (Å²) in [4.78, 5) is 25.8. The third kappa shape index (κ3) is 6.13. The van der Waals surface area contributed by atoms with Gasteiger partial charge in [0.05, 0.1) is 16.5 Å². The van der Waals surface area contributed by atoms with E-state index in [1.165, 1.54) is 0 Å². The maximum absolute atomic E-state index is 12.9. The number of thioether (sulfide) groups is 1. The van der Waals surface area contributed by atoms with Gasteiger partial charge in [-0.2, -0.15) is 5.01 Å². The van der Waals surface area contributed by atoms with Crippen LogP contribution in [-0.2, 0) is 11.4 Å². The Morgan fingerprint density at radius 3 is 2.51 bits per heavy atom. The summed E-state index contributed by atoms with van der Waals surface area (Å²) in [5.41, 5.74) is 4.72. The maximum atomic E-state index is 12.9. The highest BCUT2D eigenvalue weighted by Gasteiger charge is 2.34. The quantitative estimate of drug-likeness (QED) is 0.242. The molecule has 0 aliphatic carbocycles. The van der Waals surface area contributed by atoms with Crippen LogP contribution in [0.2, 0.25) is 0 Å². The summed E-state index contributed by atoms with van der Waals surface area (Å²) in [5.74, 6) is 0.237. The van der Waals surface area contributed by atoms with Crippen molar-refractivity contribution in [3.63, 3.8) is 0 Å². The lowest BCUT2D eigenvalue weighted by Crippen LogP contribution is -2.44. The number of methoxy groups -OCH3 is 1. The number of nitrogens with zero attached hydrogens (tertiary/aromatic N) is 1. The molecule has 1 N–H and O–H groups in total. The van der Waals surface area contributed by atoms with Gasteiger partial charge in [0.25, 0.3) is 11.8 Å².